The molecular formula is C51H80Cl2FN5O2. The number of ether oxygens (including phenoxy) is 1. The Labute approximate surface area is 379 Å². The normalized spacial score (nSPS) is 13.9. The summed E-state index contributed by atoms with van der Waals surface area (Å²) in [5.41, 5.74) is 8.16. The average molecular weight is 885 g/mol. The Kier molecular flexibility index (Phi) is 25.2. The first kappa shape index (κ1) is 50.8. The van der Waals surface area contributed by atoms with Crippen molar-refractivity contribution in [3.8, 4) is 16.9 Å². The van der Waals surface area contributed by atoms with Crippen LogP contribution >= 0.6 is 23.2 Å². The molecule has 0 aliphatic carbocycles. The second-order valence-electron chi connectivity index (χ2n) is 17.9. The van der Waals surface area contributed by atoms with Crippen molar-refractivity contribution in [1.82, 2.24) is 19.7 Å². The quantitative estimate of drug-likeness (QED) is 0.0486. The van der Waals surface area contributed by atoms with E-state index in [9.17, 15) is 9.18 Å². The monoisotopic (exact) mass is 884 g/mol. The number of benzene rings is 1. The van der Waals surface area contributed by atoms with Crippen LogP contribution in [0.1, 0.15) is 224 Å². The molecule has 0 saturated carbocycles. The lowest BCUT2D eigenvalue weighted by molar-refractivity contribution is -0.132. The van der Waals surface area contributed by atoms with Gasteiger partial charge in [-0.25, -0.2) is 9.37 Å². The van der Waals surface area contributed by atoms with E-state index in [0.29, 0.717) is 22.8 Å². The van der Waals surface area contributed by atoms with E-state index in [0.717, 1.165) is 49.9 Å². The van der Waals surface area contributed by atoms with Crippen LogP contribution in [-0.2, 0) is 4.79 Å². The number of hydrogen-bond donors (Lipinski definition) is 1. The van der Waals surface area contributed by atoms with Crippen LogP contribution in [0.15, 0.2) is 36.8 Å². The summed E-state index contributed by atoms with van der Waals surface area (Å²) >= 11 is 12.5. The van der Waals surface area contributed by atoms with Crippen LogP contribution in [-0.4, -0.2) is 38.7 Å². The molecule has 0 radical (unpaired) electrons. The second-order valence-corrected chi connectivity index (χ2v) is 18.7. The predicted octanol–water partition coefficient (Wildman–Crippen LogP) is 16.2. The van der Waals surface area contributed by atoms with Crippen LogP contribution in [0.3, 0.4) is 0 Å². The van der Waals surface area contributed by atoms with Gasteiger partial charge in [0.2, 0.25) is 5.91 Å². The number of anilines is 1. The summed E-state index contributed by atoms with van der Waals surface area (Å²) in [5, 5.41) is 4.89. The third kappa shape index (κ3) is 19.2. The Morgan fingerprint density at radius 2 is 1.21 bits per heavy atom. The third-order valence-electron chi connectivity index (χ3n) is 12.8. The van der Waals surface area contributed by atoms with Gasteiger partial charge in [0.05, 0.1) is 17.3 Å². The Hall–Kier alpha value is -2.84. The van der Waals surface area contributed by atoms with E-state index in [1.54, 1.807) is 19.2 Å². The number of piperidine rings is 1. The summed E-state index contributed by atoms with van der Waals surface area (Å²) in [4.78, 5) is 19.4. The summed E-state index contributed by atoms with van der Waals surface area (Å²) in [5.74, 6) is 0.267. The van der Waals surface area contributed by atoms with Gasteiger partial charge in [0.25, 0.3) is 0 Å². The molecule has 4 rings (SSSR count). The van der Waals surface area contributed by atoms with Gasteiger partial charge in [0.15, 0.2) is 11.6 Å². The standard InChI is InChI=1S/C51H80Cl2FN5O2/c1-3-4-5-6-7-8-9-10-11-12-13-14-15-16-17-18-19-20-21-22-23-24-25-26-27-28-29-30-48(60)58-35-33-44(34-36-58)59-40-43(39-57-59)42-37-47(51(55)56-38-42)61-41(2)49-45(52)31-32-46(54)50(49)53/h31-32,37-41,44H,3-30,33-36H2,1-2H3,(H2,55,56)/t41-/m1/s1. The van der Waals surface area contributed by atoms with Crippen LogP contribution in [0.4, 0.5) is 10.2 Å². The summed E-state index contributed by atoms with van der Waals surface area (Å²) in [6, 6.07) is 4.70. The summed E-state index contributed by atoms with van der Waals surface area (Å²) < 4.78 is 22.2. The van der Waals surface area contributed by atoms with Gasteiger partial charge in [0.1, 0.15) is 11.9 Å². The van der Waals surface area contributed by atoms with E-state index in [2.05, 4.69) is 17.0 Å². The molecule has 1 aliphatic rings. The number of hydrogen-bond acceptors (Lipinski definition) is 5. The van der Waals surface area contributed by atoms with Crippen LogP contribution in [0.25, 0.3) is 11.1 Å². The number of halogens is 3. The average Bonchev–Trinajstić information content (AvgIpc) is 3.76. The molecule has 3 aromatic rings. The van der Waals surface area contributed by atoms with Crippen LogP contribution in [0.5, 0.6) is 5.75 Å². The molecule has 342 valence electrons. The number of pyridine rings is 1. The number of carbonyl (C=O) groups excluding carboxylic acids is 1. The summed E-state index contributed by atoms with van der Waals surface area (Å²) in [7, 11) is 0. The fraction of sp³-hybridized carbons (Fsp3) is 0.706. The molecule has 1 amide bonds. The molecule has 1 saturated heterocycles. The van der Waals surface area contributed by atoms with Gasteiger partial charge in [0, 0.05) is 53.6 Å². The fourth-order valence-electron chi connectivity index (χ4n) is 8.87. The zero-order valence-corrected chi connectivity index (χ0v) is 39.6. The molecule has 2 aromatic heterocycles. The topological polar surface area (TPSA) is 86.3 Å². The highest BCUT2D eigenvalue weighted by atomic mass is 35.5. The maximum Gasteiger partial charge on any atom is 0.222 e. The predicted molar refractivity (Wildman–Crippen MR) is 255 cm³/mol. The molecule has 0 bridgehead atoms. The molecule has 3 heterocycles. The Morgan fingerprint density at radius 1 is 0.738 bits per heavy atom. The molecule has 1 aromatic carbocycles. The van der Waals surface area contributed by atoms with E-state index in [1.165, 1.54) is 173 Å². The highest BCUT2D eigenvalue weighted by Crippen LogP contribution is 2.37. The SMILES string of the molecule is CCCCCCCCCCCCCCCCCCCCCCCCCCCCCC(=O)N1CCC(n2cc(-c3cnc(N)c(O[C@H](C)c4c(Cl)ccc(F)c4Cl)c3)cn2)CC1. The van der Waals surface area contributed by atoms with Gasteiger partial charge in [-0.3, -0.25) is 9.48 Å². The number of amides is 1. The van der Waals surface area contributed by atoms with Crippen LogP contribution < -0.4 is 10.5 Å². The van der Waals surface area contributed by atoms with Crippen LogP contribution in [0.2, 0.25) is 10.0 Å². The van der Waals surface area contributed by atoms with E-state index < -0.39 is 11.9 Å². The van der Waals surface area contributed by atoms with Crippen molar-refractivity contribution < 1.29 is 13.9 Å². The molecule has 2 N–H and O–H groups in total. The largest absolute Gasteiger partial charge is 0.482 e. The molecule has 1 atom stereocenters. The van der Waals surface area contributed by atoms with Gasteiger partial charge in [-0.15, -0.1) is 0 Å². The minimum Gasteiger partial charge on any atom is -0.482 e. The van der Waals surface area contributed by atoms with Crippen molar-refractivity contribution in [2.75, 3.05) is 18.8 Å². The minimum atomic E-state index is -0.663. The Bertz CT molecular complexity index is 1640. The number of nitrogens with zero attached hydrogens (tertiary/aromatic N) is 4. The molecule has 61 heavy (non-hydrogen) atoms. The van der Waals surface area contributed by atoms with Crippen LogP contribution in [0, 0.1) is 5.82 Å². The van der Waals surface area contributed by atoms with E-state index in [-0.39, 0.29) is 22.8 Å². The number of rotatable bonds is 33. The van der Waals surface area contributed by atoms with Crippen molar-refractivity contribution >= 4 is 34.9 Å². The number of likely N-dealkylation sites (tertiary alicyclic amines) is 1. The lowest BCUT2D eigenvalue weighted by atomic mass is 10.0. The van der Waals surface area contributed by atoms with Crippen molar-refractivity contribution in [2.45, 2.75) is 219 Å². The molecule has 10 heteroatoms. The van der Waals surface area contributed by atoms with Crippen molar-refractivity contribution in [3.63, 3.8) is 0 Å². The molecule has 1 aliphatic heterocycles. The number of nitrogens with two attached hydrogens (primary N) is 1. The minimum absolute atomic E-state index is 0.0801. The maximum absolute atomic E-state index is 14.1. The fourth-order valence-corrected chi connectivity index (χ4v) is 9.54. The smallest absolute Gasteiger partial charge is 0.222 e. The zero-order valence-electron chi connectivity index (χ0n) is 38.1. The Balaban J connectivity index is 0.950. The summed E-state index contributed by atoms with van der Waals surface area (Å²) in [6.07, 6.45) is 44.7. The molecule has 1 fully saturated rings. The first-order chi connectivity index (χ1) is 29.8. The number of nitrogen functional groups attached to an aromatic ring is 1. The van der Waals surface area contributed by atoms with Crippen molar-refractivity contribution in [3.05, 3.63) is 58.2 Å². The molecule has 0 unspecified atom stereocenters. The lowest BCUT2D eigenvalue weighted by Gasteiger charge is -2.32. The zero-order chi connectivity index (χ0) is 43.5. The number of unbranched alkanes of at least 4 members (excludes halogenated alkanes) is 26. The van der Waals surface area contributed by atoms with Gasteiger partial charge >= 0.3 is 0 Å². The third-order valence-corrected chi connectivity index (χ3v) is 13.5. The highest BCUT2D eigenvalue weighted by molar-refractivity contribution is 6.36. The molecular weight excluding hydrogens is 804 g/mol. The number of aromatic nitrogens is 3. The number of carbonyl (C=O) groups is 1. The second kappa shape index (κ2) is 30.3. The lowest BCUT2D eigenvalue weighted by Crippen LogP contribution is -2.39. The molecule has 7 nitrogen and oxygen atoms in total. The van der Waals surface area contributed by atoms with Crippen molar-refractivity contribution in [2.24, 2.45) is 0 Å². The van der Waals surface area contributed by atoms with Crippen molar-refractivity contribution in [1.29, 1.82) is 0 Å². The highest BCUT2D eigenvalue weighted by Gasteiger charge is 2.25. The molecule has 0 spiro atoms. The Morgan fingerprint density at radius 3 is 1.70 bits per heavy atom. The van der Waals surface area contributed by atoms with E-state index >= 15 is 0 Å². The first-order valence-electron chi connectivity index (χ1n) is 24.7. The van der Waals surface area contributed by atoms with Gasteiger partial charge in [-0.05, 0) is 44.4 Å². The van der Waals surface area contributed by atoms with E-state index in [1.807, 2.05) is 22.0 Å². The first-order valence-corrected chi connectivity index (χ1v) is 25.4. The van der Waals surface area contributed by atoms with Gasteiger partial charge in [-0.1, -0.05) is 197 Å². The maximum atomic E-state index is 14.1. The van der Waals surface area contributed by atoms with Gasteiger partial charge in [-0.2, -0.15) is 5.10 Å². The summed E-state index contributed by atoms with van der Waals surface area (Å²) in [6.45, 7) is 5.54. The van der Waals surface area contributed by atoms with E-state index in [4.69, 9.17) is 33.7 Å². The van der Waals surface area contributed by atoms with Gasteiger partial charge < -0.3 is 15.4 Å².